The van der Waals surface area contributed by atoms with Crippen molar-refractivity contribution in [1.29, 1.82) is 0 Å². The highest BCUT2D eigenvalue weighted by Gasteiger charge is 2.20. The number of nitrogens with two attached hydrogens (primary N) is 1. The summed E-state index contributed by atoms with van der Waals surface area (Å²) in [6, 6.07) is 5.87. The molecule has 1 aromatic carbocycles. The zero-order valence-corrected chi connectivity index (χ0v) is 11.8. The molecule has 2 aromatic rings. The number of fused-ring (bicyclic) bond motifs is 1. The van der Waals surface area contributed by atoms with E-state index in [-0.39, 0.29) is 5.91 Å². The van der Waals surface area contributed by atoms with Crippen molar-refractivity contribution in [2.24, 2.45) is 0 Å². The van der Waals surface area contributed by atoms with Gasteiger partial charge in [0.2, 0.25) is 5.91 Å². The first-order valence-corrected chi connectivity index (χ1v) is 6.80. The summed E-state index contributed by atoms with van der Waals surface area (Å²) in [5.74, 6) is 0.0191. The lowest BCUT2D eigenvalue weighted by Crippen LogP contribution is -2.48. The molecule has 3 N–H and O–H groups in total. The number of hydrogen-bond acceptors (Lipinski definition) is 4. The lowest BCUT2D eigenvalue weighted by atomic mass is 10.1. The molecule has 6 heteroatoms. The molecule has 98 valence electrons. The lowest BCUT2D eigenvalue weighted by Gasteiger charge is -2.30. The summed E-state index contributed by atoms with van der Waals surface area (Å²) in [6.07, 6.45) is 1.65. The van der Waals surface area contributed by atoms with E-state index in [1.54, 1.807) is 6.20 Å². The van der Waals surface area contributed by atoms with Gasteiger partial charge in [-0.1, -0.05) is 15.9 Å². The minimum Gasteiger partial charge on any atom is -0.396 e. The maximum Gasteiger partial charge on any atom is 0.239 e. The van der Waals surface area contributed by atoms with E-state index in [2.05, 4.69) is 26.2 Å². The Labute approximate surface area is 118 Å². The van der Waals surface area contributed by atoms with Gasteiger partial charge in [0.25, 0.3) is 0 Å². The second-order valence-electron chi connectivity index (χ2n) is 4.50. The number of amides is 1. The van der Waals surface area contributed by atoms with Crippen LogP contribution in [0.15, 0.2) is 28.9 Å². The molecule has 1 fully saturated rings. The number of pyridine rings is 1. The van der Waals surface area contributed by atoms with Crippen LogP contribution in [0.2, 0.25) is 0 Å². The molecule has 1 aliphatic rings. The summed E-state index contributed by atoms with van der Waals surface area (Å²) in [5, 5.41) is 3.78. The number of nitrogens with zero attached hydrogens (tertiary/aromatic N) is 2. The molecule has 0 bridgehead atoms. The van der Waals surface area contributed by atoms with Crippen molar-refractivity contribution < 1.29 is 4.79 Å². The van der Waals surface area contributed by atoms with Crippen LogP contribution in [-0.2, 0) is 4.79 Å². The van der Waals surface area contributed by atoms with Crippen molar-refractivity contribution in [2.45, 2.75) is 0 Å². The predicted molar refractivity (Wildman–Crippen MR) is 79.1 cm³/mol. The molecule has 0 unspecified atom stereocenters. The molecule has 0 spiro atoms. The summed E-state index contributed by atoms with van der Waals surface area (Å²) in [5.41, 5.74) is 8.42. The molecule has 1 aromatic heterocycles. The Hall–Kier alpha value is -1.82. The molecule has 2 heterocycles. The molecule has 1 saturated heterocycles. The summed E-state index contributed by atoms with van der Waals surface area (Å²) in [6.45, 7) is 1.72. The third-order valence-electron chi connectivity index (χ3n) is 3.18. The molecule has 19 heavy (non-hydrogen) atoms. The second-order valence-corrected chi connectivity index (χ2v) is 5.41. The molecule has 5 nitrogen and oxygen atoms in total. The largest absolute Gasteiger partial charge is 0.396 e. The number of aromatic nitrogens is 1. The van der Waals surface area contributed by atoms with Crippen LogP contribution in [0.4, 0.5) is 11.4 Å². The Morgan fingerprint density at radius 3 is 3.05 bits per heavy atom. The topological polar surface area (TPSA) is 71.2 Å². The van der Waals surface area contributed by atoms with Gasteiger partial charge in [0, 0.05) is 22.9 Å². The molecule has 0 radical (unpaired) electrons. The van der Waals surface area contributed by atoms with E-state index < -0.39 is 0 Å². The van der Waals surface area contributed by atoms with Crippen molar-refractivity contribution >= 4 is 44.1 Å². The Morgan fingerprint density at radius 2 is 2.26 bits per heavy atom. The van der Waals surface area contributed by atoms with Gasteiger partial charge in [-0.25, -0.2) is 0 Å². The van der Waals surface area contributed by atoms with Crippen molar-refractivity contribution in [2.75, 3.05) is 30.3 Å². The maximum atomic E-state index is 11.5. The first-order valence-electron chi connectivity index (χ1n) is 6.00. The predicted octanol–water partition coefficient (Wildman–Crippen LogP) is 1.52. The van der Waals surface area contributed by atoms with Crippen LogP contribution in [0.25, 0.3) is 10.9 Å². The number of anilines is 2. The minimum absolute atomic E-state index is 0.0191. The van der Waals surface area contributed by atoms with E-state index in [9.17, 15) is 4.79 Å². The number of benzene rings is 1. The van der Waals surface area contributed by atoms with E-state index >= 15 is 0 Å². The highest BCUT2D eigenvalue weighted by molar-refractivity contribution is 9.10. The molecule has 1 aliphatic heterocycles. The average Bonchev–Trinajstić information content (AvgIpc) is 2.38. The highest BCUT2D eigenvalue weighted by atomic mass is 79.9. The van der Waals surface area contributed by atoms with Gasteiger partial charge in [-0.2, -0.15) is 0 Å². The van der Waals surface area contributed by atoms with Crippen LogP contribution in [0.5, 0.6) is 0 Å². The van der Waals surface area contributed by atoms with Gasteiger partial charge in [0.05, 0.1) is 29.6 Å². The van der Waals surface area contributed by atoms with Gasteiger partial charge < -0.3 is 16.0 Å². The van der Waals surface area contributed by atoms with Crippen molar-refractivity contribution in [3.63, 3.8) is 0 Å². The first kappa shape index (κ1) is 12.2. The van der Waals surface area contributed by atoms with E-state index in [0.29, 0.717) is 18.8 Å². The van der Waals surface area contributed by atoms with Crippen LogP contribution in [-0.4, -0.2) is 30.5 Å². The van der Waals surface area contributed by atoms with Crippen LogP contribution in [0.1, 0.15) is 0 Å². The van der Waals surface area contributed by atoms with Crippen molar-refractivity contribution in [1.82, 2.24) is 10.3 Å². The SMILES string of the molecule is Nc1cnc2ccc(Br)cc2c1N1CCNC(=O)C1. The average molecular weight is 321 g/mol. The van der Waals surface area contributed by atoms with E-state index in [4.69, 9.17) is 5.73 Å². The van der Waals surface area contributed by atoms with Crippen molar-refractivity contribution in [3.05, 3.63) is 28.9 Å². The molecule has 3 rings (SSSR count). The summed E-state index contributed by atoms with van der Waals surface area (Å²) >= 11 is 3.46. The van der Waals surface area contributed by atoms with Crippen LogP contribution in [0.3, 0.4) is 0 Å². The first-order chi connectivity index (χ1) is 9.15. The maximum absolute atomic E-state index is 11.5. The fraction of sp³-hybridized carbons (Fsp3) is 0.231. The number of hydrogen-bond donors (Lipinski definition) is 2. The molecule has 1 amide bonds. The highest BCUT2D eigenvalue weighted by Crippen LogP contribution is 2.33. The standard InChI is InChI=1S/C13H13BrN4O/c14-8-1-2-11-9(5-8)13(10(15)6-17-11)18-4-3-16-12(19)7-18/h1-2,5-6H,3-4,7,15H2,(H,16,19). The van der Waals surface area contributed by atoms with E-state index in [1.165, 1.54) is 0 Å². The lowest BCUT2D eigenvalue weighted by molar-refractivity contribution is -0.120. The zero-order valence-electron chi connectivity index (χ0n) is 10.2. The van der Waals surface area contributed by atoms with Crippen LogP contribution >= 0.6 is 15.9 Å². The molecule has 0 atom stereocenters. The number of nitrogens with one attached hydrogen (secondary N) is 1. The molecular weight excluding hydrogens is 308 g/mol. The summed E-state index contributed by atoms with van der Waals surface area (Å²) in [4.78, 5) is 17.9. The van der Waals surface area contributed by atoms with Crippen molar-refractivity contribution in [3.8, 4) is 0 Å². The van der Waals surface area contributed by atoms with Gasteiger partial charge in [-0.3, -0.25) is 9.78 Å². The zero-order chi connectivity index (χ0) is 13.4. The van der Waals surface area contributed by atoms with Gasteiger partial charge in [0.1, 0.15) is 0 Å². The molecular formula is C13H13BrN4O. The number of carbonyl (C=O) groups excluding carboxylic acids is 1. The van der Waals surface area contributed by atoms with Gasteiger partial charge >= 0.3 is 0 Å². The van der Waals surface area contributed by atoms with Crippen LogP contribution in [0, 0.1) is 0 Å². The fourth-order valence-electron chi connectivity index (χ4n) is 2.35. The molecule has 0 aliphatic carbocycles. The third kappa shape index (κ3) is 2.23. The number of nitrogen functional groups attached to an aromatic ring is 1. The van der Waals surface area contributed by atoms with E-state index in [1.807, 2.05) is 23.1 Å². The monoisotopic (exact) mass is 320 g/mol. The van der Waals surface area contributed by atoms with E-state index in [0.717, 1.165) is 27.6 Å². The second kappa shape index (κ2) is 4.70. The van der Waals surface area contributed by atoms with Gasteiger partial charge in [-0.15, -0.1) is 0 Å². The number of carbonyl (C=O) groups is 1. The Morgan fingerprint density at radius 1 is 1.42 bits per heavy atom. The number of piperazine rings is 1. The quantitative estimate of drug-likeness (QED) is 0.835. The fourth-order valence-corrected chi connectivity index (χ4v) is 2.71. The Bertz CT molecular complexity index is 653. The summed E-state index contributed by atoms with van der Waals surface area (Å²) in [7, 11) is 0. The Balaban J connectivity index is 2.17. The number of halogens is 1. The Kier molecular flexibility index (Phi) is 3.02. The number of rotatable bonds is 1. The minimum atomic E-state index is 0.0191. The summed E-state index contributed by atoms with van der Waals surface area (Å²) < 4.78 is 0.968. The normalized spacial score (nSPS) is 15.6. The van der Waals surface area contributed by atoms with Gasteiger partial charge in [-0.05, 0) is 18.2 Å². The smallest absolute Gasteiger partial charge is 0.239 e. The third-order valence-corrected chi connectivity index (χ3v) is 3.68. The van der Waals surface area contributed by atoms with Crippen LogP contribution < -0.4 is 16.0 Å². The van der Waals surface area contributed by atoms with Gasteiger partial charge in [0.15, 0.2) is 0 Å². The molecule has 0 saturated carbocycles.